The molecule has 0 heterocycles. The molecule has 2 atom stereocenters. The number of halogens is 1. The van der Waals surface area contributed by atoms with Gasteiger partial charge in [0.05, 0.1) is 0 Å². The smallest absolute Gasteiger partial charge is 0.338 e. The van der Waals surface area contributed by atoms with E-state index in [4.69, 9.17) is 10.2 Å². The first-order valence-corrected chi connectivity index (χ1v) is 3.17. The van der Waals surface area contributed by atoms with Crippen molar-refractivity contribution < 1.29 is 19.4 Å². The van der Waals surface area contributed by atoms with Crippen LogP contribution in [0.3, 0.4) is 0 Å². The van der Waals surface area contributed by atoms with Crippen LogP contribution in [-0.2, 0) is 4.79 Å². The lowest BCUT2D eigenvalue weighted by Crippen LogP contribution is -2.43. The predicted molar refractivity (Wildman–Crippen MR) is 31.3 cm³/mol. The second kappa shape index (κ2) is 2.20. The van der Waals surface area contributed by atoms with Crippen molar-refractivity contribution in [3.8, 4) is 0 Å². The average molecular weight is 148 g/mol. The molecule has 0 bridgehead atoms. The third-order valence-electron chi connectivity index (χ3n) is 1.90. The molecule has 0 unspecified atom stereocenters. The summed E-state index contributed by atoms with van der Waals surface area (Å²) in [6, 6.07) is 0. The molecular formula is C6H9FO3. The van der Waals surface area contributed by atoms with Crippen molar-refractivity contribution in [1.82, 2.24) is 0 Å². The maximum absolute atomic E-state index is 12.6. The molecule has 0 amide bonds. The van der Waals surface area contributed by atoms with Crippen molar-refractivity contribution in [3.05, 3.63) is 0 Å². The van der Waals surface area contributed by atoms with Crippen LogP contribution in [0.25, 0.3) is 0 Å². The van der Waals surface area contributed by atoms with E-state index in [-0.39, 0.29) is 12.8 Å². The van der Waals surface area contributed by atoms with Crippen LogP contribution >= 0.6 is 0 Å². The van der Waals surface area contributed by atoms with Crippen LogP contribution in [0.15, 0.2) is 0 Å². The zero-order chi connectivity index (χ0) is 7.78. The first kappa shape index (κ1) is 7.47. The second-order valence-electron chi connectivity index (χ2n) is 2.59. The quantitative estimate of drug-likeness (QED) is 0.563. The Morgan fingerprint density at radius 3 is 2.50 bits per heavy atom. The minimum absolute atomic E-state index is 0.0312. The monoisotopic (exact) mass is 148 g/mol. The van der Waals surface area contributed by atoms with Crippen LogP contribution in [0.4, 0.5) is 4.39 Å². The third kappa shape index (κ3) is 0.883. The summed E-state index contributed by atoms with van der Waals surface area (Å²) in [5.41, 5.74) is -2.10. The SMILES string of the molecule is O=C(O)[C@@]1(O)CCC[C@H]1F. The molecule has 0 aromatic heterocycles. The lowest BCUT2D eigenvalue weighted by Gasteiger charge is -2.18. The van der Waals surface area contributed by atoms with Gasteiger partial charge in [-0.05, 0) is 19.3 Å². The van der Waals surface area contributed by atoms with Crippen LogP contribution in [0, 0.1) is 0 Å². The molecule has 1 aliphatic rings. The standard InChI is InChI=1S/C6H9FO3/c7-4-2-1-3-6(4,10)5(8)9/h4,10H,1-3H2,(H,8,9)/t4-,6-/m1/s1. The Bertz CT molecular complexity index is 159. The minimum atomic E-state index is -2.10. The normalized spacial score (nSPS) is 40.0. The van der Waals surface area contributed by atoms with Gasteiger partial charge in [-0.25, -0.2) is 9.18 Å². The van der Waals surface area contributed by atoms with E-state index in [1.165, 1.54) is 0 Å². The molecule has 0 aromatic rings. The molecule has 1 fully saturated rings. The van der Waals surface area contributed by atoms with Crippen molar-refractivity contribution in [2.75, 3.05) is 0 Å². The maximum Gasteiger partial charge on any atom is 0.338 e. The summed E-state index contributed by atoms with van der Waals surface area (Å²) in [4.78, 5) is 10.2. The molecule has 1 saturated carbocycles. The Labute approximate surface area is 57.5 Å². The largest absolute Gasteiger partial charge is 0.479 e. The van der Waals surface area contributed by atoms with E-state index in [0.717, 1.165) is 0 Å². The minimum Gasteiger partial charge on any atom is -0.479 e. The number of carbonyl (C=O) groups is 1. The summed E-state index contributed by atoms with van der Waals surface area (Å²) in [7, 11) is 0. The van der Waals surface area contributed by atoms with Gasteiger partial charge in [0.1, 0.15) is 6.17 Å². The van der Waals surface area contributed by atoms with Crippen molar-refractivity contribution in [2.24, 2.45) is 0 Å². The van der Waals surface area contributed by atoms with Crippen molar-refractivity contribution in [2.45, 2.75) is 31.0 Å². The van der Waals surface area contributed by atoms with Crippen LogP contribution in [0.5, 0.6) is 0 Å². The Hall–Kier alpha value is -0.640. The van der Waals surface area contributed by atoms with Gasteiger partial charge in [0.25, 0.3) is 0 Å². The molecule has 1 rings (SSSR count). The number of aliphatic hydroxyl groups is 1. The van der Waals surface area contributed by atoms with Gasteiger partial charge in [0, 0.05) is 0 Å². The molecule has 4 heteroatoms. The summed E-state index contributed by atoms with van der Waals surface area (Å²) < 4.78 is 12.6. The number of carboxylic acids is 1. The molecule has 3 nitrogen and oxygen atoms in total. The molecule has 1 aliphatic carbocycles. The van der Waals surface area contributed by atoms with E-state index in [0.29, 0.717) is 6.42 Å². The maximum atomic E-state index is 12.6. The summed E-state index contributed by atoms with van der Waals surface area (Å²) in [5.74, 6) is -1.45. The lowest BCUT2D eigenvalue weighted by atomic mass is 10.0. The van der Waals surface area contributed by atoms with E-state index in [2.05, 4.69) is 0 Å². The molecule has 10 heavy (non-hydrogen) atoms. The highest BCUT2D eigenvalue weighted by Gasteiger charge is 2.48. The first-order chi connectivity index (χ1) is 4.57. The van der Waals surface area contributed by atoms with Gasteiger partial charge in [0.2, 0.25) is 0 Å². The Morgan fingerprint density at radius 1 is 1.70 bits per heavy atom. The van der Waals surface area contributed by atoms with Gasteiger partial charge in [0.15, 0.2) is 5.60 Å². The molecule has 0 aromatic carbocycles. The molecule has 0 aliphatic heterocycles. The van der Waals surface area contributed by atoms with Crippen molar-refractivity contribution >= 4 is 5.97 Å². The Balaban J connectivity index is 2.75. The predicted octanol–water partition coefficient (Wildman–Crippen LogP) is 0.324. The number of aliphatic carboxylic acids is 1. The van der Waals surface area contributed by atoms with Crippen LogP contribution < -0.4 is 0 Å². The van der Waals surface area contributed by atoms with Gasteiger partial charge in [-0.15, -0.1) is 0 Å². The van der Waals surface area contributed by atoms with Crippen LogP contribution in [-0.4, -0.2) is 28.0 Å². The highest BCUT2D eigenvalue weighted by atomic mass is 19.1. The van der Waals surface area contributed by atoms with Gasteiger partial charge >= 0.3 is 5.97 Å². The number of alkyl halides is 1. The zero-order valence-electron chi connectivity index (χ0n) is 5.38. The van der Waals surface area contributed by atoms with Crippen LogP contribution in [0.1, 0.15) is 19.3 Å². The number of rotatable bonds is 1. The highest BCUT2D eigenvalue weighted by Crippen LogP contribution is 2.32. The van der Waals surface area contributed by atoms with E-state index < -0.39 is 17.7 Å². The fourth-order valence-electron chi connectivity index (χ4n) is 1.19. The number of carboxylic acid groups (broad SMARTS) is 1. The van der Waals surface area contributed by atoms with Crippen molar-refractivity contribution in [1.29, 1.82) is 0 Å². The number of hydrogen-bond donors (Lipinski definition) is 2. The third-order valence-corrected chi connectivity index (χ3v) is 1.90. The molecule has 0 saturated heterocycles. The fourth-order valence-corrected chi connectivity index (χ4v) is 1.19. The molecule has 0 spiro atoms. The van der Waals surface area contributed by atoms with Crippen molar-refractivity contribution in [3.63, 3.8) is 0 Å². The van der Waals surface area contributed by atoms with Gasteiger partial charge in [-0.2, -0.15) is 0 Å². The molecule has 0 radical (unpaired) electrons. The summed E-state index contributed by atoms with van der Waals surface area (Å²) in [5, 5.41) is 17.4. The fraction of sp³-hybridized carbons (Fsp3) is 0.833. The van der Waals surface area contributed by atoms with E-state index in [1.807, 2.05) is 0 Å². The second-order valence-corrected chi connectivity index (χ2v) is 2.59. The van der Waals surface area contributed by atoms with E-state index >= 15 is 0 Å². The highest BCUT2D eigenvalue weighted by molar-refractivity contribution is 5.78. The summed E-state index contributed by atoms with van der Waals surface area (Å²) >= 11 is 0. The van der Waals surface area contributed by atoms with Crippen LogP contribution in [0.2, 0.25) is 0 Å². The Kier molecular flexibility index (Phi) is 1.64. The summed E-state index contributed by atoms with van der Waals surface area (Å²) in [6.45, 7) is 0. The summed E-state index contributed by atoms with van der Waals surface area (Å²) in [6.07, 6.45) is -0.957. The zero-order valence-corrected chi connectivity index (χ0v) is 5.38. The molecule has 58 valence electrons. The molecule has 2 N–H and O–H groups in total. The van der Waals surface area contributed by atoms with Gasteiger partial charge in [-0.3, -0.25) is 0 Å². The van der Waals surface area contributed by atoms with Gasteiger partial charge < -0.3 is 10.2 Å². The average Bonchev–Trinajstić information content (AvgIpc) is 2.15. The number of hydrogen-bond acceptors (Lipinski definition) is 2. The van der Waals surface area contributed by atoms with E-state index in [1.54, 1.807) is 0 Å². The topological polar surface area (TPSA) is 57.5 Å². The van der Waals surface area contributed by atoms with E-state index in [9.17, 15) is 9.18 Å². The Morgan fingerprint density at radius 2 is 2.30 bits per heavy atom. The molecular weight excluding hydrogens is 139 g/mol. The van der Waals surface area contributed by atoms with Gasteiger partial charge in [-0.1, -0.05) is 0 Å². The first-order valence-electron chi connectivity index (χ1n) is 3.17. The lowest BCUT2D eigenvalue weighted by molar-refractivity contribution is -0.163.